The van der Waals surface area contributed by atoms with Crippen LogP contribution >= 0.6 is 11.6 Å². The summed E-state index contributed by atoms with van der Waals surface area (Å²) in [6.07, 6.45) is 0.239. The molecule has 28 heavy (non-hydrogen) atoms. The minimum Gasteiger partial charge on any atom is -0.454 e. The smallest absolute Gasteiger partial charge is 0.231 e. The zero-order valence-corrected chi connectivity index (χ0v) is 15.6. The van der Waals surface area contributed by atoms with Crippen molar-refractivity contribution in [2.45, 2.75) is 13.0 Å². The third-order valence-electron chi connectivity index (χ3n) is 4.12. The second-order valence-electron chi connectivity index (χ2n) is 6.20. The number of aromatic nitrogens is 2. The van der Waals surface area contributed by atoms with Gasteiger partial charge in [-0.15, -0.1) is 10.2 Å². The first-order valence-corrected chi connectivity index (χ1v) is 9.04. The van der Waals surface area contributed by atoms with Gasteiger partial charge in [0.05, 0.1) is 6.42 Å². The van der Waals surface area contributed by atoms with Crippen molar-refractivity contribution in [1.29, 1.82) is 0 Å². The van der Waals surface area contributed by atoms with Gasteiger partial charge in [0.15, 0.2) is 17.3 Å². The molecule has 2 aromatic carbocycles. The fourth-order valence-corrected chi connectivity index (χ4v) is 2.84. The van der Waals surface area contributed by atoms with Crippen LogP contribution in [-0.4, -0.2) is 22.9 Å². The molecular weight excluding hydrogens is 380 g/mol. The van der Waals surface area contributed by atoms with E-state index in [1.165, 1.54) is 0 Å². The summed E-state index contributed by atoms with van der Waals surface area (Å²) in [6.45, 7) is 0.816. The number of carbonyl (C=O) groups is 1. The van der Waals surface area contributed by atoms with Gasteiger partial charge in [-0.1, -0.05) is 29.8 Å². The molecule has 3 aromatic rings. The first-order chi connectivity index (χ1) is 13.7. The molecular formula is C20H17ClN4O3. The number of nitrogens with one attached hydrogen (secondary N) is 2. The topological polar surface area (TPSA) is 85.4 Å². The Bertz CT molecular complexity index is 978. The predicted octanol–water partition coefficient (Wildman–Crippen LogP) is 3.65. The fraction of sp³-hybridized carbons (Fsp3) is 0.150. The van der Waals surface area contributed by atoms with Crippen molar-refractivity contribution in [3.05, 3.63) is 70.7 Å². The summed E-state index contributed by atoms with van der Waals surface area (Å²) < 4.78 is 10.7. The summed E-state index contributed by atoms with van der Waals surface area (Å²) in [4.78, 5) is 12.1. The molecule has 1 aliphatic rings. The highest BCUT2D eigenvalue weighted by atomic mass is 35.5. The van der Waals surface area contributed by atoms with Gasteiger partial charge in [-0.2, -0.15) is 0 Å². The second-order valence-corrected chi connectivity index (χ2v) is 6.63. The molecule has 0 bridgehead atoms. The number of amides is 1. The van der Waals surface area contributed by atoms with Gasteiger partial charge in [-0.3, -0.25) is 4.79 Å². The lowest BCUT2D eigenvalue weighted by Crippen LogP contribution is -2.15. The number of nitrogens with zero attached hydrogens (tertiary/aromatic N) is 2. The molecule has 0 saturated carbocycles. The summed E-state index contributed by atoms with van der Waals surface area (Å²) in [5.74, 6) is 2.32. The van der Waals surface area contributed by atoms with Crippen LogP contribution in [0.4, 0.5) is 11.6 Å². The molecule has 1 aliphatic heterocycles. The summed E-state index contributed by atoms with van der Waals surface area (Å²) in [7, 11) is 0. The zero-order valence-electron chi connectivity index (χ0n) is 14.8. The van der Waals surface area contributed by atoms with Crippen molar-refractivity contribution in [2.75, 3.05) is 17.4 Å². The maximum Gasteiger partial charge on any atom is 0.231 e. The van der Waals surface area contributed by atoms with Gasteiger partial charge in [-0.25, -0.2) is 0 Å². The summed E-state index contributed by atoms with van der Waals surface area (Å²) in [5.41, 5.74) is 1.91. The average molecular weight is 397 g/mol. The van der Waals surface area contributed by atoms with E-state index >= 15 is 0 Å². The van der Waals surface area contributed by atoms with E-state index in [1.807, 2.05) is 30.3 Å². The number of rotatable bonds is 6. The van der Waals surface area contributed by atoms with Crippen molar-refractivity contribution in [2.24, 2.45) is 0 Å². The molecule has 0 unspecified atom stereocenters. The van der Waals surface area contributed by atoms with Crippen LogP contribution in [-0.2, 0) is 17.8 Å². The molecule has 4 rings (SSSR count). The number of hydrogen-bond donors (Lipinski definition) is 2. The van der Waals surface area contributed by atoms with E-state index in [9.17, 15) is 4.79 Å². The van der Waals surface area contributed by atoms with Crippen LogP contribution in [0, 0.1) is 0 Å². The molecule has 2 heterocycles. The Morgan fingerprint density at radius 2 is 1.64 bits per heavy atom. The van der Waals surface area contributed by atoms with Crippen LogP contribution < -0.4 is 20.1 Å². The highest BCUT2D eigenvalue weighted by molar-refractivity contribution is 6.30. The Balaban J connectivity index is 1.29. The Morgan fingerprint density at radius 1 is 0.929 bits per heavy atom. The number of fused-ring (bicyclic) bond motifs is 1. The maximum absolute atomic E-state index is 12.1. The van der Waals surface area contributed by atoms with Crippen molar-refractivity contribution >= 4 is 29.1 Å². The zero-order chi connectivity index (χ0) is 19.3. The Morgan fingerprint density at radius 3 is 2.43 bits per heavy atom. The first-order valence-electron chi connectivity index (χ1n) is 8.66. The van der Waals surface area contributed by atoms with Crippen molar-refractivity contribution in [3.63, 3.8) is 0 Å². The van der Waals surface area contributed by atoms with Gasteiger partial charge in [0.1, 0.15) is 5.82 Å². The summed E-state index contributed by atoms with van der Waals surface area (Å²) in [5, 5.41) is 14.7. The number of anilines is 2. The predicted molar refractivity (Wildman–Crippen MR) is 106 cm³/mol. The fourth-order valence-electron chi connectivity index (χ4n) is 2.71. The van der Waals surface area contributed by atoms with Crippen LogP contribution in [0.25, 0.3) is 0 Å². The molecule has 8 heteroatoms. The molecule has 0 spiro atoms. The van der Waals surface area contributed by atoms with E-state index in [1.54, 1.807) is 24.3 Å². The molecule has 1 amide bonds. The van der Waals surface area contributed by atoms with Crippen LogP contribution in [0.2, 0.25) is 5.02 Å². The quantitative estimate of drug-likeness (QED) is 0.661. The van der Waals surface area contributed by atoms with E-state index in [2.05, 4.69) is 20.8 Å². The van der Waals surface area contributed by atoms with E-state index in [-0.39, 0.29) is 19.1 Å². The average Bonchev–Trinajstić information content (AvgIpc) is 3.17. The Labute approximate surface area is 166 Å². The molecule has 0 radical (unpaired) electrons. The first kappa shape index (κ1) is 18.1. The molecule has 0 fully saturated rings. The largest absolute Gasteiger partial charge is 0.454 e. The van der Waals surface area contributed by atoms with Gasteiger partial charge >= 0.3 is 0 Å². The molecule has 1 aromatic heterocycles. The second kappa shape index (κ2) is 8.14. The summed E-state index contributed by atoms with van der Waals surface area (Å²) in [6, 6.07) is 16.4. The normalized spacial score (nSPS) is 11.9. The molecule has 7 nitrogen and oxygen atoms in total. The van der Waals surface area contributed by atoms with Crippen molar-refractivity contribution in [3.8, 4) is 11.5 Å². The SMILES string of the molecule is O=C(Cc1ccc(Cl)cc1)Nc1ccc(NCc2ccc3c(c2)OCO3)nn1. The van der Waals surface area contributed by atoms with Gasteiger partial charge in [-0.05, 0) is 47.5 Å². The lowest BCUT2D eigenvalue weighted by atomic mass is 10.1. The number of benzene rings is 2. The maximum atomic E-state index is 12.1. The van der Waals surface area contributed by atoms with Crippen molar-refractivity contribution in [1.82, 2.24) is 10.2 Å². The molecule has 2 N–H and O–H groups in total. The minimum atomic E-state index is -0.169. The third-order valence-corrected chi connectivity index (χ3v) is 4.37. The van der Waals surface area contributed by atoms with E-state index < -0.39 is 0 Å². The van der Waals surface area contributed by atoms with Gasteiger partial charge in [0, 0.05) is 11.6 Å². The third kappa shape index (κ3) is 4.50. The van der Waals surface area contributed by atoms with Gasteiger partial charge in [0.25, 0.3) is 0 Å². The van der Waals surface area contributed by atoms with E-state index in [0.717, 1.165) is 22.6 Å². The number of hydrogen-bond acceptors (Lipinski definition) is 6. The van der Waals surface area contributed by atoms with Crippen molar-refractivity contribution < 1.29 is 14.3 Å². The molecule has 0 saturated heterocycles. The van der Waals surface area contributed by atoms with Crippen LogP contribution in [0.15, 0.2) is 54.6 Å². The number of carbonyl (C=O) groups excluding carboxylic acids is 1. The lowest BCUT2D eigenvalue weighted by molar-refractivity contribution is -0.115. The molecule has 142 valence electrons. The standard InChI is InChI=1S/C20H17ClN4O3/c21-15-4-1-13(2-5-15)10-20(26)23-19-8-7-18(24-25-19)22-11-14-3-6-16-17(9-14)28-12-27-16/h1-9H,10-12H2,(H,22,24)(H,23,25,26). The van der Waals surface area contributed by atoms with Crippen LogP contribution in [0.3, 0.4) is 0 Å². The lowest BCUT2D eigenvalue weighted by Gasteiger charge is -2.08. The summed E-state index contributed by atoms with van der Waals surface area (Å²) >= 11 is 5.85. The Hall–Kier alpha value is -3.32. The van der Waals surface area contributed by atoms with E-state index in [4.69, 9.17) is 21.1 Å². The van der Waals surface area contributed by atoms with Gasteiger partial charge < -0.3 is 20.1 Å². The molecule has 0 atom stereocenters. The van der Waals surface area contributed by atoms with Gasteiger partial charge in [0.2, 0.25) is 12.7 Å². The minimum absolute atomic E-state index is 0.169. The number of halogens is 1. The van der Waals surface area contributed by atoms with Crippen LogP contribution in [0.1, 0.15) is 11.1 Å². The van der Waals surface area contributed by atoms with Crippen LogP contribution in [0.5, 0.6) is 11.5 Å². The Kier molecular flexibility index (Phi) is 5.25. The molecule has 0 aliphatic carbocycles. The monoisotopic (exact) mass is 396 g/mol. The van der Waals surface area contributed by atoms with E-state index in [0.29, 0.717) is 23.2 Å². The number of ether oxygens (including phenoxy) is 2. The highest BCUT2D eigenvalue weighted by Gasteiger charge is 2.13. The highest BCUT2D eigenvalue weighted by Crippen LogP contribution is 2.32.